The summed E-state index contributed by atoms with van der Waals surface area (Å²) in [4.78, 5) is 26.0. The van der Waals surface area contributed by atoms with Gasteiger partial charge in [-0.05, 0) is 0 Å². The average molecular weight is 257 g/mol. The van der Waals surface area contributed by atoms with E-state index in [1.165, 1.54) is 14.2 Å². The van der Waals surface area contributed by atoms with Gasteiger partial charge >= 0.3 is 11.9 Å². The zero-order valence-corrected chi connectivity index (χ0v) is 11.7. The van der Waals surface area contributed by atoms with Crippen molar-refractivity contribution in [1.29, 1.82) is 0 Å². The second kappa shape index (κ2) is 7.50. The number of hydrogen-bond acceptors (Lipinski definition) is 5. The SMILES string of the molecule is COC(=O)C(C(=O)OC)=C(/C=C/[NH+](C)C)N(C)C. The summed E-state index contributed by atoms with van der Waals surface area (Å²) >= 11 is 0. The Labute approximate surface area is 107 Å². The average Bonchev–Trinajstić information content (AvgIpc) is 2.31. The number of hydrogen-bond donors (Lipinski definition) is 1. The lowest BCUT2D eigenvalue weighted by molar-refractivity contribution is -0.801. The van der Waals surface area contributed by atoms with E-state index >= 15 is 0 Å². The summed E-state index contributed by atoms with van der Waals surface area (Å²) in [5.74, 6) is -1.44. The van der Waals surface area contributed by atoms with Crippen LogP contribution in [0.25, 0.3) is 0 Å². The van der Waals surface area contributed by atoms with Crippen LogP contribution in [0.15, 0.2) is 23.5 Å². The van der Waals surface area contributed by atoms with E-state index in [1.54, 1.807) is 31.3 Å². The topological polar surface area (TPSA) is 60.3 Å². The highest BCUT2D eigenvalue weighted by atomic mass is 16.5. The molecule has 0 aliphatic heterocycles. The van der Waals surface area contributed by atoms with E-state index in [-0.39, 0.29) is 5.57 Å². The molecule has 0 saturated heterocycles. The van der Waals surface area contributed by atoms with Crippen molar-refractivity contribution in [2.24, 2.45) is 0 Å². The molecule has 0 heterocycles. The van der Waals surface area contributed by atoms with Gasteiger partial charge in [-0.3, -0.25) is 0 Å². The molecule has 0 aromatic heterocycles. The van der Waals surface area contributed by atoms with Crippen molar-refractivity contribution >= 4 is 11.9 Å². The molecule has 0 saturated carbocycles. The smallest absolute Gasteiger partial charge is 0.347 e. The molecule has 0 aliphatic rings. The van der Waals surface area contributed by atoms with Gasteiger partial charge in [-0.25, -0.2) is 9.59 Å². The van der Waals surface area contributed by atoms with Crippen molar-refractivity contribution in [2.75, 3.05) is 42.4 Å². The Morgan fingerprint density at radius 1 is 1.06 bits per heavy atom. The first-order chi connectivity index (χ1) is 8.34. The van der Waals surface area contributed by atoms with Gasteiger partial charge in [0.2, 0.25) is 0 Å². The number of allylic oxidation sites excluding steroid dienone is 1. The third-order valence-corrected chi connectivity index (χ3v) is 2.09. The van der Waals surface area contributed by atoms with Crippen LogP contribution in [0.2, 0.25) is 0 Å². The summed E-state index contributed by atoms with van der Waals surface area (Å²) in [7, 11) is 9.74. The summed E-state index contributed by atoms with van der Waals surface area (Å²) < 4.78 is 9.22. The normalized spacial score (nSPS) is 10.4. The van der Waals surface area contributed by atoms with Gasteiger partial charge in [0.15, 0.2) is 5.57 Å². The summed E-state index contributed by atoms with van der Waals surface area (Å²) in [5.41, 5.74) is 0.317. The lowest BCUT2D eigenvalue weighted by Crippen LogP contribution is -3.00. The molecule has 102 valence electrons. The molecule has 1 N–H and O–H groups in total. The van der Waals surface area contributed by atoms with Crippen molar-refractivity contribution in [3.8, 4) is 0 Å². The second-order valence-corrected chi connectivity index (χ2v) is 4.05. The summed E-state index contributed by atoms with van der Waals surface area (Å²) in [5, 5.41) is 0. The zero-order valence-electron chi connectivity index (χ0n) is 11.7. The number of carbonyl (C=O) groups excluding carboxylic acids is 2. The summed E-state index contributed by atoms with van der Waals surface area (Å²) in [6, 6.07) is 0. The quantitative estimate of drug-likeness (QED) is 0.220. The molecular weight excluding hydrogens is 236 g/mol. The minimum Gasteiger partial charge on any atom is -0.465 e. The first kappa shape index (κ1) is 16.2. The van der Waals surface area contributed by atoms with Crippen molar-refractivity contribution in [3.63, 3.8) is 0 Å². The second-order valence-electron chi connectivity index (χ2n) is 4.05. The number of nitrogens with zero attached hydrogens (tertiary/aromatic N) is 1. The Morgan fingerprint density at radius 3 is 1.78 bits per heavy atom. The lowest BCUT2D eigenvalue weighted by Gasteiger charge is -2.17. The number of ether oxygens (including phenoxy) is 2. The molecule has 0 atom stereocenters. The maximum absolute atomic E-state index is 11.7. The highest BCUT2D eigenvalue weighted by Crippen LogP contribution is 2.12. The molecule has 0 aromatic carbocycles. The molecule has 6 nitrogen and oxygen atoms in total. The van der Waals surface area contributed by atoms with Crippen LogP contribution in [0.1, 0.15) is 0 Å². The fourth-order valence-corrected chi connectivity index (χ4v) is 1.20. The van der Waals surface area contributed by atoms with Crippen molar-refractivity contribution < 1.29 is 24.0 Å². The molecule has 0 aromatic rings. The molecule has 0 unspecified atom stereocenters. The molecule has 0 aliphatic carbocycles. The Hall–Kier alpha value is -1.82. The van der Waals surface area contributed by atoms with Crippen LogP contribution in [-0.2, 0) is 19.1 Å². The van der Waals surface area contributed by atoms with Crippen LogP contribution in [0.4, 0.5) is 0 Å². The largest absolute Gasteiger partial charge is 0.465 e. The highest BCUT2D eigenvalue weighted by molar-refractivity contribution is 6.14. The number of carbonyl (C=O) groups is 2. The van der Waals surface area contributed by atoms with Gasteiger partial charge < -0.3 is 19.3 Å². The fourth-order valence-electron chi connectivity index (χ4n) is 1.20. The van der Waals surface area contributed by atoms with E-state index in [4.69, 9.17) is 0 Å². The molecule has 0 amide bonds. The lowest BCUT2D eigenvalue weighted by atomic mass is 10.2. The number of nitrogens with one attached hydrogen (secondary N) is 1. The predicted molar refractivity (Wildman–Crippen MR) is 66.7 cm³/mol. The van der Waals surface area contributed by atoms with Crippen LogP contribution in [0.5, 0.6) is 0 Å². The maximum Gasteiger partial charge on any atom is 0.347 e. The Kier molecular flexibility index (Phi) is 6.74. The fraction of sp³-hybridized carbons (Fsp3) is 0.500. The van der Waals surface area contributed by atoms with Crippen LogP contribution in [0.3, 0.4) is 0 Å². The van der Waals surface area contributed by atoms with Gasteiger partial charge in [0.1, 0.15) is 0 Å². The third-order valence-electron chi connectivity index (χ3n) is 2.09. The van der Waals surface area contributed by atoms with Gasteiger partial charge in [0.25, 0.3) is 0 Å². The standard InChI is InChI=1S/C12H20N2O4/c1-13(2)8-7-9(14(3)4)10(11(15)17-5)12(16)18-6/h7-8H,1-6H3/p+1/b8-7+. The van der Waals surface area contributed by atoms with Gasteiger partial charge in [-0.1, -0.05) is 0 Å². The molecule has 0 rings (SSSR count). The summed E-state index contributed by atoms with van der Waals surface area (Å²) in [6.07, 6.45) is 3.49. The monoisotopic (exact) mass is 257 g/mol. The van der Waals surface area contributed by atoms with Gasteiger partial charge in [-0.2, -0.15) is 0 Å². The van der Waals surface area contributed by atoms with Crippen molar-refractivity contribution in [3.05, 3.63) is 23.5 Å². The molecule has 0 bridgehead atoms. The van der Waals surface area contributed by atoms with Crippen LogP contribution >= 0.6 is 0 Å². The van der Waals surface area contributed by atoms with E-state index in [0.717, 1.165) is 4.90 Å². The molecule has 6 heteroatoms. The van der Waals surface area contributed by atoms with Gasteiger partial charge in [0, 0.05) is 20.2 Å². The van der Waals surface area contributed by atoms with Gasteiger partial charge in [-0.15, -0.1) is 0 Å². The first-order valence-corrected chi connectivity index (χ1v) is 5.41. The summed E-state index contributed by atoms with van der Waals surface area (Å²) in [6.45, 7) is 0. The van der Waals surface area contributed by atoms with Crippen molar-refractivity contribution in [2.45, 2.75) is 0 Å². The van der Waals surface area contributed by atoms with Crippen molar-refractivity contribution in [1.82, 2.24) is 4.90 Å². The number of rotatable bonds is 5. The molecule has 0 radical (unpaired) electrons. The Balaban J connectivity index is 5.70. The Morgan fingerprint density at radius 2 is 1.50 bits per heavy atom. The number of likely N-dealkylation sites (N-methyl/N-ethyl adjacent to an activating group) is 1. The van der Waals surface area contributed by atoms with E-state index in [2.05, 4.69) is 9.47 Å². The maximum atomic E-state index is 11.7. The van der Waals surface area contributed by atoms with Crippen LogP contribution < -0.4 is 4.90 Å². The van der Waals surface area contributed by atoms with E-state index in [1.807, 2.05) is 14.1 Å². The predicted octanol–water partition coefficient (Wildman–Crippen LogP) is -1.19. The van der Waals surface area contributed by atoms with E-state index < -0.39 is 11.9 Å². The van der Waals surface area contributed by atoms with Gasteiger partial charge in [0.05, 0.1) is 40.2 Å². The molecule has 0 spiro atoms. The first-order valence-electron chi connectivity index (χ1n) is 5.41. The van der Waals surface area contributed by atoms with E-state index in [0.29, 0.717) is 5.70 Å². The third kappa shape index (κ3) is 4.58. The molecule has 0 fully saturated rings. The zero-order chi connectivity index (χ0) is 14.3. The van der Waals surface area contributed by atoms with Crippen LogP contribution in [-0.4, -0.2) is 59.2 Å². The number of quaternary nitrogens is 1. The number of esters is 2. The highest BCUT2D eigenvalue weighted by Gasteiger charge is 2.25. The Bertz CT molecular complexity index is 352. The van der Waals surface area contributed by atoms with E-state index in [9.17, 15) is 9.59 Å². The van der Waals surface area contributed by atoms with Crippen LogP contribution in [0, 0.1) is 0 Å². The minimum absolute atomic E-state index is 0.123. The minimum atomic E-state index is -0.719. The number of methoxy groups -OCH3 is 2. The molecule has 18 heavy (non-hydrogen) atoms. The molecular formula is C12H21N2O4+.